The third kappa shape index (κ3) is 3.91. The van der Waals surface area contributed by atoms with E-state index in [1.807, 2.05) is 12.1 Å². The van der Waals surface area contributed by atoms with Gasteiger partial charge in [0.25, 0.3) is 10.0 Å². The molecule has 0 saturated heterocycles. The summed E-state index contributed by atoms with van der Waals surface area (Å²) < 4.78 is 27.4. The van der Waals surface area contributed by atoms with Gasteiger partial charge in [0.05, 0.1) is 11.7 Å². The zero-order valence-corrected chi connectivity index (χ0v) is 15.6. The number of aromatic nitrogens is 1. The molecule has 0 radical (unpaired) electrons. The molecule has 5 nitrogen and oxygen atoms in total. The SMILES string of the molecule is Cl.O=S(=O)(Nc1ccc2c(c1)CCN(CC1CC1)C2)c1cncs1. The number of nitrogens with one attached hydrogen (secondary N) is 1. The van der Waals surface area contributed by atoms with Gasteiger partial charge in [-0.2, -0.15) is 0 Å². The molecule has 0 unspecified atom stereocenters. The summed E-state index contributed by atoms with van der Waals surface area (Å²) in [6.07, 6.45) is 5.11. The van der Waals surface area contributed by atoms with Crippen LogP contribution in [0.5, 0.6) is 0 Å². The molecule has 0 amide bonds. The highest BCUT2D eigenvalue weighted by molar-refractivity contribution is 7.94. The monoisotopic (exact) mass is 385 g/mol. The number of nitrogens with zero attached hydrogens (tertiary/aromatic N) is 2. The summed E-state index contributed by atoms with van der Waals surface area (Å²) in [4.78, 5) is 6.35. The summed E-state index contributed by atoms with van der Waals surface area (Å²) in [7, 11) is -3.52. The van der Waals surface area contributed by atoms with E-state index in [1.54, 1.807) is 0 Å². The molecule has 0 bridgehead atoms. The highest BCUT2D eigenvalue weighted by atomic mass is 35.5. The topological polar surface area (TPSA) is 62.3 Å². The standard InChI is InChI=1S/C16H19N3O2S2.ClH/c20-23(21,16-8-17-11-22-16)18-15-4-3-14-10-19(9-12-1-2-12)6-5-13(14)7-15;/h3-4,7-8,11-12,18H,1-2,5-6,9-10H2;1H. The average molecular weight is 386 g/mol. The number of hydrogen-bond donors (Lipinski definition) is 1. The minimum Gasteiger partial charge on any atom is -0.298 e. The first-order chi connectivity index (χ1) is 11.1. The van der Waals surface area contributed by atoms with Crippen LogP contribution in [0.25, 0.3) is 0 Å². The van der Waals surface area contributed by atoms with Crippen LogP contribution in [0.15, 0.2) is 34.1 Å². The van der Waals surface area contributed by atoms with E-state index in [4.69, 9.17) is 0 Å². The van der Waals surface area contributed by atoms with E-state index in [-0.39, 0.29) is 16.6 Å². The molecule has 4 rings (SSSR count). The number of halogens is 1. The van der Waals surface area contributed by atoms with Gasteiger partial charge in [0.1, 0.15) is 0 Å². The molecule has 2 aromatic rings. The zero-order chi connectivity index (χ0) is 15.9. The second-order valence-corrected chi connectivity index (χ2v) is 9.13. The highest BCUT2D eigenvalue weighted by Crippen LogP contribution is 2.32. The summed E-state index contributed by atoms with van der Waals surface area (Å²) >= 11 is 1.12. The molecule has 1 fully saturated rings. The highest BCUT2D eigenvalue weighted by Gasteiger charge is 2.26. The number of fused-ring (bicyclic) bond motifs is 1. The van der Waals surface area contributed by atoms with Crippen LogP contribution in [0, 0.1) is 5.92 Å². The number of anilines is 1. The maximum Gasteiger partial charge on any atom is 0.273 e. The third-order valence-corrected chi connectivity index (χ3v) is 7.09. The summed E-state index contributed by atoms with van der Waals surface area (Å²) in [5.74, 6) is 0.905. The van der Waals surface area contributed by atoms with Crippen LogP contribution < -0.4 is 4.72 Å². The minimum atomic E-state index is -3.52. The molecule has 1 N–H and O–H groups in total. The number of benzene rings is 1. The van der Waals surface area contributed by atoms with Gasteiger partial charge in [0.2, 0.25) is 0 Å². The van der Waals surface area contributed by atoms with E-state index in [0.29, 0.717) is 5.69 Å². The van der Waals surface area contributed by atoms with Gasteiger partial charge >= 0.3 is 0 Å². The van der Waals surface area contributed by atoms with Gasteiger partial charge in [0, 0.05) is 25.3 Å². The first-order valence-corrected chi connectivity index (χ1v) is 10.2. The predicted octanol–water partition coefficient (Wildman–Crippen LogP) is 3.13. The normalized spacial score (nSPS) is 17.8. The van der Waals surface area contributed by atoms with Crippen molar-refractivity contribution >= 4 is 39.5 Å². The Balaban J connectivity index is 0.00000169. The van der Waals surface area contributed by atoms with Crippen LogP contribution in [0.1, 0.15) is 24.0 Å². The second kappa shape index (κ2) is 7.00. The fraction of sp³-hybridized carbons (Fsp3) is 0.438. The van der Waals surface area contributed by atoms with Crippen molar-refractivity contribution in [1.82, 2.24) is 9.88 Å². The largest absolute Gasteiger partial charge is 0.298 e. The Morgan fingerprint density at radius 1 is 1.29 bits per heavy atom. The maximum atomic E-state index is 12.3. The predicted molar refractivity (Wildman–Crippen MR) is 98.3 cm³/mol. The molecule has 0 spiro atoms. The molecule has 1 aliphatic heterocycles. The lowest BCUT2D eigenvalue weighted by molar-refractivity contribution is 0.244. The van der Waals surface area contributed by atoms with Crippen molar-refractivity contribution in [1.29, 1.82) is 0 Å². The van der Waals surface area contributed by atoms with Crippen LogP contribution in [-0.2, 0) is 23.0 Å². The lowest BCUT2D eigenvalue weighted by Gasteiger charge is -2.29. The fourth-order valence-corrected chi connectivity index (χ4v) is 4.88. The molecule has 0 atom stereocenters. The molecular formula is C16H20ClN3O2S2. The van der Waals surface area contributed by atoms with Crippen molar-refractivity contribution in [2.45, 2.75) is 30.0 Å². The van der Waals surface area contributed by atoms with Gasteiger partial charge in [0.15, 0.2) is 4.21 Å². The van der Waals surface area contributed by atoms with Gasteiger partial charge in [-0.1, -0.05) is 6.07 Å². The molecule has 1 aromatic carbocycles. The van der Waals surface area contributed by atoms with E-state index in [1.165, 1.54) is 42.2 Å². The van der Waals surface area contributed by atoms with E-state index in [2.05, 4.69) is 20.7 Å². The van der Waals surface area contributed by atoms with E-state index >= 15 is 0 Å². The minimum absolute atomic E-state index is 0. The van der Waals surface area contributed by atoms with Crippen molar-refractivity contribution in [2.24, 2.45) is 5.92 Å². The van der Waals surface area contributed by atoms with Crippen molar-refractivity contribution in [3.8, 4) is 0 Å². The fourth-order valence-electron chi connectivity index (χ4n) is 3.04. The first-order valence-electron chi connectivity index (χ1n) is 7.86. The summed E-state index contributed by atoms with van der Waals surface area (Å²) in [5.41, 5.74) is 4.72. The van der Waals surface area contributed by atoms with Crippen molar-refractivity contribution < 1.29 is 8.42 Å². The van der Waals surface area contributed by atoms with E-state index < -0.39 is 10.0 Å². The van der Waals surface area contributed by atoms with Crippen LogP contribution in [0.4, 0.5) is 5.69 Å². The third-order valence-electron chi connectivity index (χ3n) is 4.44. The van der Waals surface area contributed by atoms with Gasteiger partial charge < -0.3 is 0 Å². The molecule has 8 heteroatoms. The van der Waals surface area contributed by atoms with Gasteiger partial charge in [-0.05, 0) is 48.4 Å². The number of sulfonamides is 1. The van der Waals surface area contributed by atoms with Crippen molar-refractivity contribution in [3.63, 3.8) is 0 Å². The Bertz CT molecular complexity index is 805. The molecule has 2 heterocycles. The van der Waals surface area contributed by atoms with Gasteiger partial charge in [-0.15, -0.1) is 23.7 Å². The molecule has 1 aromatic heterocycles. The number of thiazole rings is 1. The van der Waals surface area contributed by atoms with Crippen molar-refractivity contribution in [3.05, 3.63) is 41.0 Å². The van der Waals surface area contributed by atoms with E-state index in [9.17, 15) is 8.42 Å². The molecular weight excluding hydrogens is 366 g/mol. The molecule has 1 saturated carbocycles. The number of hydrogen-bond acceptors (Lipinski definition) is 5. The molecule has 24 heavy (non-hydrogen) atoms. The summed E-state index contributed by atoms with van der Waals surface area (Å²) in [6.45, 7) is 3.25. The quantitative estimate of drug-likeness (QED) is 0.858. The van der Waals surface area contributed by atoms with Gasteiger partial charge in [-0.3, -0.25) is 14.6 Å². The smallest absolute Gasteiger partial charge is 0.273 e. The second-order valence-electron chi connectivity index (χ2n) is 6.34. The van der Waals surface area contributed by atoms with Gasteiger partial charge in [-0.25, -0.2) is 8.42 Å². The van der Waals surface area contributed by atoms with Crippen molar-refractivity contribution in [2.75, 3.05) is 17.8 Å². The van der Waals surface area contributed by atoms with Crippen LogP contribution >= 0.6 is 23.7 Å². The molecule has 2 aliphatic rings. The van der Waals surface area contributed by atoms with E-state index in [0.717, 1.165) is 36.8 Å². The molecule has 130 valence electrons. The Morgan fingerprint density at radius 3 is 2.83 bits per heavy atom. The van der Waals surface area contributed by atoms with Crippen LogP contribution in [0.2, 0.25) is 0 Å². The summed E-state index contributed by atoms with van der Waals surface area (Å²) in [6, 6.07) is 5.89. The lowest BCUT2D eigenvalue weighted by atomic mass is 9.99. The lowest BCUT2D eigenvalue weighted by Crippen LogP contribution is -2.32. The van der Waals surface area contributed by atoms with Crippen LogP contribution in [0.3, 0.4) is 0 Å². The zero-order valence-electron chi connectivity index (χ0n) is 13.1. The van der Waals surface area contributed by atoms with Crippen LogP contribution in [-0.4, -0.2) is 31.4 Å². The maximum absolute atomic E-state index is 12.3. The number of rotatable bonds is 5. The summed E-state index contributed by atoms with van der Waals surface area (Å²) in [5, 5.41) is 0. The Hall–Kier alpha value is -1.15. The first kappa shape index (κ1) is 17.7. The average Bonchev–Trinajstić information content (AvgIpc) is 3.15. The molecule has 1 aliphatic carbocycles. The Labute approximate surface area is 152 Å². The Morgan fingerprint density at radius 2 is 2.12 bits per heavy atom. The Kier molecular flexibility index (Phi) is 5.15.